The number of halogens is 1. The minimum atomic E-state index is -0.302. The number of methoxy groups -OCH3 is 2. The summed E-state index contributed by atoms with van der Waals surface area (Å²) in [5, 5.41) is 1.49. The summed E-state index contributed by atoms with van der Waals surface area (Å²) in [5.41, 5.74) is 1.31. The molecule has 0 spiro atoms. The van der Waals surface area contributed by atoms with Crippen molar-refractivity contribution in [1.82, 2.24) is 4.57 Å². The lowest BCUT2D eigenvalue weighted by Crippen LogP contribution is -2.29. The van der Waals surface area contributed by atoms with Crippen molar-refractivity contribution in [3.63, 3.8) is 0 Å². The summed E-state index contributed by atoms with van der Waals surface area (Å²) >= 11 is 6.17. The number of aromatic nitrogens is 1. The van der Waals surface area contributed by atoms with E-state index in [0.29, 0.717) is 44.2 Å². The van der Waals surface area contributed by atoms with Gasteiger partial charge in [0.05, 0.1) is 25.5 Å². The number of hydrogen-bond donors (Lipinski definition) is 0. The van der Waals surface area contributed by atoms with E-state index in [-0.39, 0.29) is 11.5 Å². The van der Waals surface area contributed by atoms with Gasteiger partial charge in [0.25, 0.3) is 11.5 Å². The fourth-order valence-corrected chi connectivity index (χ4v) is 3.78. The molecule has 0 aliphatic rings. The molecule has 0 radical (unpaired) electrons. The highest BCUT2D eigenvalue weighted by atomic mass is 35.5. The molecular formula is C25H21ClN2O4. The van der Waals surface area contributed by atoms with Crippen molar-refractivity contribution in [1.29, 1.82) is 0 Å². The molecule has 32 heavy (non-hydrogen) atoms. The van der Waals surface area contributed by atoms with E-state index in [1.807, 2.05) is 0 Å². The zero-order chi connectivity index (χ0) is 22.8. The van der Waals surface area contributed by atoms with E-state index in [0.717, 1.165) is 0 Å². The average molecular weight is 449 g/mol. The summed E-state index contributed by atoms with van der Waals surface area (Å²) in [6.07, 6.45) is 1.57. The van der Waals surface area contributed by atoms with Crippen LogP contribution in [0.5, 0.6) is 11.5 Å². The molecule has 7 heteroatoms. The van der Waals surface area contributed by atoms with Crippen LogP contribution < -0.4 is 19.9 Å². The smallest absolute Gasteiger partial charge is 0.262 e. The molecule has 0 bridgehead atoms. The topological polar surface area (TPSA) is 60.8 Å². The van der Waals surface area contributed by atoms with Crippen LogP contribution >= 0.6 is 11.6 Å². The maximum atomic E-state index is 13.6. The normalized spacial score (nSPS) is 10.8. The molecule has 0 saturated carbocycles. The van der Waals surface area contributed by atoms with Crippen LogP contribution in [0.15, 0.2) is 77.7 Å². The molecule has 4 rings (SSSR count). The van der Waals surface area contributed by atoms with Crippen molar-refractivity contribution in [2.75, 3.05) is 26.2 Å². The second-order valence-corrected chi connectivity index (χ2v) is 7.58. The molecule has 162 valence electrons. The molecule has 0 fully saturated rings. The second kappa shape index (κ2) is 8.77. The highest BCUT2D eigenvalue weighted by Crippen LogP contribution is 2.32. The van der Waals surface area contributed by atoms with Crippen LogP contribution in [0.3, 0.4) is 0 Å². The van der Waals surface area contributed by atoms with Gasteiger partial charge in [-0.25, -0.2) is 0 Å². The van der Waals surface area contributed by atoms with Crippen molar-refractivity contribution in [3.8, 4) is 17.2 Å². The summed E-state index contributed by atoms with van der Waals surface area (Å²) in [4.78, 5) is 28.3. The minimum Gasteiger partial charge on any atom is -0.497 e. The number of hydrogen-bond acceptors (Lipinski definition) is 4. The molecule has 0 unspecified atom stereocenters. The fourth-order valence-electron chi connectivity index (χ4n) is 3.61. The average Bonchev–Trinajstić information content (AvgIpc) is 2.83. The summed E-state index contributed by atoms with van der Waals surface area (Å²) in [6.45, 7) is 0. The van der Waals surface area contributed by atoms with E-state index >= 15 is 0 Å². The summed E-state index contributed by atoms with van der Waals surface area (Å²) < 4.78 is 12.1. The number of benzene rings is 3. The number of nitrogens with zero attached hydrogens (tertiary/aromatic N) is 2. The Kier molecular flexibility index (Phi) is 5.88. The standard InChI is InChI=1S/C25H21ClN2O4/c1-27(22-14-16(26)8-13-23(22)32-3)24(29)21-15-28(17-9-11-18(31-2)12-10-17)25(30)20-7-5-4-6-19(20)21/h4-15H,1-3H3. The molecular weight excluding hydrogens is 428 g/mol. The van der Waals surface area contributed by atoms with Crippen molar-refractivity contribution < 1.29 is 14.3 Å². The molecule has 0 aliphatic carbocycles. The fraction of sp³-hybridized carbons (Fsp3) is 0.120. The molecule has 0 aliphatic heterocycles. The van der Waals surface area contributed by atoms with E-state index in [1.54, 1.807) is 87.1 Å². The van der Waals surface area contributed by atoms with Crippen LogP contribution in [-0.4, -0.2) is 31.7 Å². The predicted octanol–water partition coefficient (Wildman–Crippen LogP) is 4.94. The molecule has 0 N–H and O–H groups in total. The largest absolute Gasteiger partial charge is 0.497 e. The quantitative estimate of drug-likeness (QED) is 0.434. The van der Waals surface area contributed by atoms with Gasteiger partial charge in [0.1, 0.15) is 11.5 Å². The van der Waals surface area contributed by atoms with Crippen LogP contribution in [0.1, 0.15) is 10.4 Å². The first-order chi connectivity index (χ1) is 15.4. The molecule has 1 heterocycles. The molecule has 1 amide bonds. The Labute approximate surface area is 190 Å². The van der Waals surface area contributed by atoms with E-state index in [2.05, 4.69) is 0 Å². The van der Waals surface area contributed by atoms with Crippen LogP contribution in [0.25, 0.3) is 16.5 Å². The third-order valence-corrected chi connectivity index (χ3v) is 5.55. The monoisotopic (exact) mass is 448 g/mol. The number of rotatable bonds is 5. The SMILES string of the molecule is COc1ccc(-n2cc(C(=O)N(C)c3cc(Cl)ccc3OC)c3ccccc3c2=O)cc1. The number of ether oxygens (including phenoxy) is 2. The number of carbonyl (C=O) groups is 1. The Morgan fingerprint density at radius 2 is 1.62 bits per heavy atom. The zero-order valence-electron chi connectivity index (χ0n) is 17.8. The Balaban J connectivity index is 1.90. The van der Waals surface area contributed by atoms with Gasteiger partial charge in [-0.05, 0) is 48.5 Å². The maximum absolute atomic E-state index is 13.6. The summed E-state index contributed by atoms with van der Waals surface area (Å²) in [5.74, 6) is 0.883. The van der Waals surface area contributed by atoms with Crippen LogP contribution in [0.2, 0.25) is 5.02 Å². The lowest BCUT2D eigenvalue weighted by Gasteiger charge is -2.22. The van der Waals surface area contributed by atoms with Crippen molar-refractivity contribution >= 4 is 34.0 Å². The highest BCUT2D eigenvalue weighted by molar-refractivity contribution is 6.31. The van der Waals surface area contributed by atoms with Crippen LogP contribution in [0, 0.1) is 0 Å². The third-order valence-electron chi connectivity index (χ3n) is 5.31. The van der Waals surface area contributed by atoms with Gasteiger partial charge in [0.2, 0.25) is 0 Å². The molecule has 0 saturated heterocycles. The Bertz CT molecular complexity index is 1360. The first-order valence-corrected chi connectivity index (χ1v) is 10.2. The van der Waals surface area contributed by atoms with Gasteiger partial charge < -0.3 is 14.4 Å². The molecule has 0 atom stereocenters. The summed E-state index contributed by atoms with van der Waals surface area (Å²) in [7, 11) is 4.76. The minimum absolute atomic E-state index is 0.217. The number of anilines is 1. The van der Waals surface area contributed by atoms with E-state index in [1.165, 1.54) is 16.6 Å². The van der Waals surface area contributed by atoms with Gasteiger partial charge in [-0.2, -0.15) is 0 Å². The van der Waals surface area contributed by atoms with Gasteiger partial charge >= 0.3 is 0 Å². The van der Waals surface area contributed by atoms with Crippen LogP contribution in [-0.2, 0) is 0 Å². The Morgan fingerprint density at radius 3 is 2.28 bits per heavy atom. The highest BCUT2D eigenvalue weighted by Gasteiger charge is 2.22. The number of carbonyl (C=O) groups excluding carboxylic acids is 1. The summed E-state index contributed by atoms with van der Waals surface area (Å²) in [6, 6.07) is 19.2. The Hall–Kier alpha value is -3.77. The van der Waals surface area contributed by atoms with Crippen LogP contribution in [0.4, 0.5) is 5.69 Å². The lowest BCUT2D eigenvalue weighted by molar-refractivity contribution is 0.0993. The van der Waals surface area contributed by atoms with Crippen molar-refractivity contribution in [3.05, 3.63) is 93.9 Å². The first-order valence-electron chi connectivity index (χ1n) is 9.85. The van der Waals surface area contributed by atoms with Gasteiger partial charge in [-0.15, -0.1) is 0 Å². The number of amides is 1. The first kappa shape index (κ1) is 21.5. The van der Waals surface area contributed by atoms with E-state index in [4.69, 9.17) is 21.1 Å². The van der Waals surface area contributed by atoms with Gasteiger partial charge in [-0.1, -0.05) is 29.8 Å². The molecule has 3 aromatic carbocycles. The maximum Gasteiger partial charge on any atom is 0.262 e. The van der Waals surface area contributed by atoms with Gasteiger partial charge in [0.15, 0.2) is 0 Å². The van der Waals surface area contributed by atoms with E-state index < -0.39 is 0 Å². The third kappa shape index (κ3) is 3.81. The number of fused-ring (bicyclic) bond motifs is 1. The molecule has 6 nitrogen and oxygen atoms in total. The van der Waals surface area contributed by atoms with Gasteiger partial charge in [-0.3, -0.25) is 14.2 Å². The zero-order valence-corrected chi connectivity index (χ0v) is 18.6. The Morgan fingerprint density at radius 1 is 0.938 bits per heavy atom. The molecule has 4 aromatic rings. The van der Waals surface area contributed by atoms with Gasteiger partial charge in [0, 0.05) is 34.7 Å². The van der Waals surface area contributed by atoms with E-state index in [9.17, 15) is 9.59 Å². The second-order valence-electron chi connectivity index (χ2n) is 7.14. The van der Waals surface area contributed by atoms with Crippen molar-refractivity contribution in [2.45, 2.75) is 0 Å². The molecule has 1 aromatic heterocycles. The number of pyridine rings is 1. The van der Waals surface area contributed by atoms with Crippen molar-refractivity contribution in [2.24, 2.45) is 0 Å². The lowest BCUT2D eigenvalue weighted by atomic mass is 10.1. The predicted molar refractivity (Wildman–Crippen MR) is 127 cm³/mol.